The molecule has 1 saturated heterocycles. The molecule has 1 aliphatic rings. The lowest BCUT2D eigenvalue weighted by Crippen LogP contribution is -2.40. The summed E-state index contributed by atoms with van der Waals surface area (Å²) in [6, 6.07) is 14.6. The first-order chi connectivity index (χ1) is 27.7. The molecule has 13 nitrogen and oxygen atoms in total. The summed E-state index contributed by atoms with van der Waals surface area (Å²) in [5, 5.41) is 27.4. The van der Waals surface area contributed by atoms with Gasteiger partial charge in [0.05, 0.1) is 36.6 Å². The fourth-order valence-corrected chi connectivity index (χ4v) is 8.14. The Bertz CT molecular complexity index is 2110. The van der Waals surface area contributed by atoms with E-state index in [1.54, 1.807) is 23.5 Å². The topological polar surface area (TPSA) is 141 Å². The lowest BCUT2D eigenvalue weighted by Gasteiger charge is -2.26. The average Bonchev–Trinajstić information content (AvgIpc) is 3.82. The van der Waals surface area contributed by atoms with E-state index >= 15 is 0 Å². The number of hydrogen-bond donors (Lipinski definition) is 3. The summed E-state index contributed by atoms with van der Waals surface area (Å²) in [5.74, 6) is 5.66. The maximum atomic E-state index is 14.8. The molecule has 0 saturated carbocycles. The highest BCUT2D eigenvalue weighted by Crippen LogP contribution is 2.34. The number of thiazole rings is 2. The van der Waals surface area contributed by atoms with Gasteiger partial charge in [0, 0.05) is 43.2 Å². The van der Waals surface area contributed by atoms with E-state index in [9.17, 15) is 14.3 Å². The largest absolute Gasteiger partial charge is 0.491 e. The van der Waals surface area contributed by atoms with Crippen LogP contribution in [-0.4, -0.2) is 121 Å². The third kappa shape index (κ3) is 12.4. The van der Waals surface area contributed by atoms with E-state index in [0.717, 1.165) is 86.1 Å². The van der Waals surface area contributed by atoms with Crippen molar-refractivity contribution < 1.29 is 23.8 Å². The van der Waals surface area contributed by atoms with E-state index in [0.29, 0.717) is 53.1 Å². The molecule has 2 aromatic carbocycles. The minimum Gasteiger partial charge on any atom is -0.491 e. The van der Waals surface area contributed by atoms with Gasteiger partial charge in [-0.05, 0) is 95.2 Å². The van der Waals surface area contributed by atoms with Crippen molar-refractivity contribution in [2.75, 3.05) is 89.9 Å². The molecule has 57 heavy (non-hydrogen) atoms. The Morgan fingerprint density at radius 3 is 2.65 bits per heavy atom. The van der Waals surface area contributed by atoms with Gasteiger partial charge in [-0.2, -0.15) is 0 Å². The fraction of sp³-hybridized carbons (Fsp3) is 0.439. The molecule has 3 N–H and O–H groups in total. The van der Waals surface area contributed by atoms with E-state index in [2.05, 4.69) is 47.5 Å². The molecule has 0 atom stereocenters. The van der Waals surface area contributed by atoms with Gasteiger partial charge in [-0.1, -0.05) is 41.7 Å². The Kier molecular flexibility index (Phi) is 15.5. The zero-order valence-corrected chi connectivity index (χ0v) is 34.4. The predicted molar refractivity (Wildman–Crippen MR) is 225 cm³/mol. The molecule has 1 aliphatic heterocycles. The standard InChI is InChI=1S/C41H50FN9O4S2/c1-29-27-36(47-48-38(29)46-40-44-32-12-5-6-13-34(32)56-40)51(20-8-4-7-17-43-18-21-50-22-25-54-26-23-50)41-45-37(39(52)53)35(57-41)14-10-24-55-33-16-15-30(28-31(33)42)11-9-19-49(2)3/h5-6,12-13,15-16,27-28,43H,4,7-8,10,14,17-26H2,1-3H3,(H,52,53)(H,44,46,48). The molecule has 16 heteroatoms. The second-order valence-corrected chi connectivity index (χ2v) is 16.1. The molecule has 3 aromatic heterocycles. The number of morpholine rings is 1. The maximum Gasteiger partial charge on any atom is 0.355 e. The number of benzene rings is 2. The highest BCUT2D eigenvalue weighted by Gasteiger charge is 2.23. The van der Waals surface area contributed by atoms with Crippen molar-refractivity contribution in [1.82, 2.24) is 35.3 Å². The summed E-state index contributed by atoms with van der Waals surface area (Å²) in [6.07, 6.45) is 3.67. The van der Waals surface area contributed by atoms with Gasteiger partial charge in [-0.15, -0.1) is 21.5 Å². The number of carboxylic acid groups (broad SMARTS) is 1. The molecule has 1 fully saturated rings. The van der Waals surface area contributed by atoms with E-state index in [1.165, 1.54) is 17.4 Å². The average molecular weight is 816 g/mol. The van der Waals surface area contributed by atoms with Gasteiger partial charge in [-0.25, -0.2) is 19.2 Å². The third-order valence-corrected chi connectivity index (χ3v) is 11.3. The first-order valence-electron chi connectivity index (χ1n) is 19.3. The smallest absolute Gasteiger partial charge is 0.355 e. The number of aryl methyl sites for hydroxylation is 2. The summed E-state index contributed by atoms with van der Waals surface area (Å²) in [4.78, 5) is 28.7. The zero-order valence-electron chi connectivity index (χ0n) is 32.7. The Morgan fingerprint density at radius 1 is 1.04 bits per heavy atom. The minimum atomic E-state index is -1.11. The highest BCUT2D eigenvalue weighted by molar-refractivity contribution is 7.22. The van der Waals surface area contributed by atoms with E-state index in [4.69, 9.17) is 9.47 Å². The van der Waals surface area contributed by atoms with Crippen LogP contribution < -0.4 is 20.3 Å². The fourth-order valence-electron chi connectivity index (χ4n) is 6.15. The van der Waals surface area contributed by atoms with Gasteiger partial charge in [-0.3, -0.25) is 9.80 Å². The van der Waals surface area contributed by atoms with Crippen molar-refractivity contribution >= 4 is 60.8 Å². The van der Waals surface area contributed by atoms with Crippen molar-refractivity contribution in [2.45, 2.75) is 39.0 Å². The molecule has 0 amide bonds. The van der Waals surface area contributed by atoms with Crippen LogP contribution in [0.25, 0.3) is 10.2 Å². The summed E-state index contributed by atoms with van der Waals surface area (Å²) in [6.45, 7) is 9.76. The van der Waals surface area contributed by atoms with Crippen molar-refractivity contribution in [3.05, 3.63) is 76.0 Å². The molecule has 0 unspecified atom stereocenters. The number of aromatic carboxylic acids is 1. The second kappa shape index (κ2) is 21.1. The number of nitrogens with zero attached hydrogens (tertiary/aromatic N) is 7. The van der Waals surface area contributed by atoms with Crippen LogP contribution in [0.3, 0.4) is 0 Å². The van der Waals surface area contributed by atoms with E-state index in [1.807, 2.05) is 61.2 Å². The number of ether oxygens (including phenoxy) is 2. The van der Waals surface area contributed by atoms with E-state index in [-0.39, 0.29) is 18.1 Å². The zero-order chi connectivity index (χ0) is 40.0. The Morgan fingerprint density at radius 2 is 1.88 bits per heavy atom. The van der Waals surface area contributed by atoms with Crippen LogP contribution in [-0.2, 0) is 11.2 Å². The van der Waals surface area contributed by atoms with E-state index < -0.39 is 11.8 Å². The molecule has 0 spiro atoms. The van der Waals surface area contributed by atoms with Gasteiger partial charge in [0.25, 0.3) is 0 Å². The van der Waals surface area contributed by atoms with Crippen LogP contribution in [0.5, 0.6) is 5.75 Å². The van der Waals surface area contributed by atoms with Crippen molar-refractivity contribution in [3.8, 4) is 17.6 Å². The van der Waals surface area contributed by atoms with Crippen molar-refractivity contribution in [1.29, 1.82) is 0 Å². The molecule has 5 aromatic rings. The number of para-hydroxylation sites is 1. The Labute approximate surface area is 341 Å². The molecule has 6 rings (SSSR count). The third-order valence-electron chi connectivity index (χ3n) is 9.20. The Balaban J connectivity index is 1.10. The number of fused-ring (bicyclic) bond motifs is 1. The first kappa shape index (κ1) is 41.9. The van der Waals surface area contributed by atoms with Crippen molar-refractivity contribution in [2.24, 2.45) is 0 Å². The van der Waals surface area contributed by atoms with Crippen LogP contribution in [0.4, 0.5) is 26.3 Å². The quantitative estimate of drug-likeness (QED) is 0.0576. The number of halogens is 1. The lowest BCUT2D eigenvalue weighted by atomic mass is 10.2. The molecule has 0 bridgehead atoms. The second-order valence-electron chi connectivity index (χ2n) is 14.0. The maximum absolute atomic E-state index is 14.8. The van der Waals surface area contributed by atoms with Crippen LogP contribution >= 0.6 is 22.7 Å². The van der Waals surface area contributed by atoms with Gasteiger partial charge < -0.3 is 30.1 Å². The number of unbranched alkanes of at least 4 members (excludes halogenated alkanes) is 2. The minimum absolute atomic E-state index is 0.00453. The molecule has 0 radical (unpaired) electrons. The molecule has 0 aliphatic carbocycles. The number of aromatic nitrogens is 4. The summed E-state index contributed by atoms with van der Waals surface area (Å²) < 4.78 is 27.0. The summed E-state index contributed by atoms with van der Waals surface area (Å²) in [7, 11) is 3.84. The van der Waals surface area contributed by atoms with Crippen molar-refractivity contribution in [3.63, 3.8) is 0 Å². The SMILES string of the molecule is Cc1cc(N(CCCCCNCCN2CCOCC2)c2nc(C(=O)O)c(CCCOc3ccc(C#CCN(C)C)cc3F)s2)nnc1Nc1nc2ccccc2s1. The predicted octanol–water partition coefficient (Wildman–Crippen LogP) is 6.59. The number of carbonyl (C=O) groups is 1. The molecular formula is C41H50FN9O4S2. The van der Waals surface area contributed by atoms with Gasteiger partial charge in [0.15, 0.2) is 39.2 Å². The van der Waals surface area contributed by atoms with Crippen LogP contribution in [0.2, 0.25) is 0 Å². The normalized spacial score (nSPS) is 13.1. The van der Waals surface area contributed by atoms with Crippen LogP contribution in [0.1, 0.15) is 52.2 Å². The monoisotopic (exact) mass is 815 g/mol. The number of rotatable bonds is 20. The number of anilines is 4. The molecular weight excluding hydrogens is 766 g/mol. The number of carboxylic acids is 1. The van der Waals surface area contributed by atoms with Crippen LogP contribution in [0, 0.1) is 24.6 Å². The summed E-state index contributed by atoms with van der Waals surface area (Å²) in [5.41, 5.74) is 2.34. The number of hydrogen-bond acceptors (Lipinski definition) is 14. The van der Waals surface area contributed by atoms with Crippen LogP contribution in [0.15, 0.2) is 48.5 Å². The highest BCUT2D eigenvalue weighted by atomic mass is 32.1. The van der Waals surface area contributed by atoms with Gasteiger partial charge in [0.1, 0.15) is 0 Å². The number of nitrogens with one attached hydrogen (secondary N) is 2. The van der Waals surface area contributed by atoms with Gasteiger partial charge in [0.2, 0.25) is 0 Å². The Hall–Kier alpha value is -4.76. The lowest BCUT2D eigenvalue weighted by molar-refractivity contribution is 0.0384. The summed E-state index contributed by atoms with van der Waals surface area (Å²) >= 11 is 2.87. The van der Waals surface area contributed by atoms with Gasteiger partial charge >= 0.3 is 5.97 Å². The molecule has 4 heterocycles. The first-order valence-corrected chi connectivity index (χ1v) is 20.9. The molecule has 302 valence electrons.